The molecule has 1 aliphatic heterocycles. The summed E-state index contributed by atoms with van der Waals surface area (Å²) in [6, 6.07) is 7.97. The van der Waals surface area contributed by atoms with Crippen LogP contribution in [0.5, 0.6) is 0 Å². The highest BCUT2D eigenvalue weighted by molar-refractivity contribution is 7.92. The molecule has 1 aliphatic rings. The van der Waals surface area contributed by atoms with E-state index < -0.39 is 37.0 Å². The summed E-state index contributed by atoms with van der Waals surface area (Å²) < 4.78 is 38.6. The van der Waals surface area contributed by atoms with Crippen LogP contribution >= 0.6 is 0 Å². The third-order valence-electron chi connectivity index (χ3n) is 4.19. The van der Waals surface area contributed by atoms with Gasteiger partial charge in [0.05, 0.1) is 10.7 Å². The number of nitro benzene ring substituents is 1. The van der Waals surface area contributed by atoms with Gasteiger partial charge in [0.1, 0.15) is 10.7 Å². The number of hydrogen-bond acceptors (Lipinski definition) is 5. The molecule has 2 aromatic carbocycles. The second kappa shape index (κ2) is 6.45. The summed E-state index contributed by atoms with van der Waals surface area (Å²) in [6.07, 6.45) is 1.77. The number of hydrogen-bond donors (Lipinski definition) is 0. The number of rotatable bonds is 3. The fourth-order valence-electron chi connectivity index (χ4n) is 2.97. The lowest BCUT2D eigenvalue weighted by atomic mass is 10.00. The van der Waals surface area contributed by atoms with Gasteiger partial charge in [-0.2, -0.15) is 0 Å². The fourth-order valence-corrected chi connectivity index (χ4v) is 4.60. The summed E-state index contributed by atoms with van der Waals surface area (Å²) >= 11 is 0. The Hall–Kier alpha value is -2.87. The fraction of sp³-hybridized carbons (Fsp3) is 0.167. The Morgan fingerprint density at radius 3 is 2.65 bits per heavy atom. The van der Waals surface area contributed by atoms with Gasteiger partial charge in [0.15, 0.2) is 15.6 Å². The highest BCUT2D eigenvalue weighted by Crippen LogP contribution is 2.31. The number of halogens is 1. The molecule has 1 heterocycles. The Morgan fingerprint density at radius 2 is 2.00 bits per heavy atom. The Labute approximate surface area is 149 Å². The first-order valence-corrected chi connectivity index (χ1v) is 9.43. The number of Topliss-reactive ketones (excluding diaryl/α,β-unsaturated/α-hetero) is 1. The second-order valence-electron chi connectivity index (χ2n) is 5.87. The lowest BCUT2D eigenvalue weighted by Crippen LogP contribution is -2.25. The summed E-state index contributed by atoms with van der Waals surface area (Å²) in [5, 5.41) is 11.2. The summed E-state index contributed by atoms with van der Waals surface area (Å²) in [5.41, 5.74) is 0.502. The van der Waals surface area contributed by atoms with E-state index in [0.717, 1.165) is 6.07 Å². The number of fused-ring (bicyclic) bond motifs is 1. The van der Waals surface area contributed by atoms with Gasteiger partial charge >= 0.3 is 0 Å². The van der Waals surface area contributed by atoms with Crippen LogP contribution in [0, 0.1) is 15.9 Å². The summed E-state index contributed by atoms with van der Waals surface area (Å²) in [7, 11) is -4.01. The Balaban J connectivity index is 2.13. The number of nitrogens with zero attached hydrogens (tertiary/aromatic N) is 1. The van der Waals surface area contributed by atoms with E-state index in [1.54, 1.807) is 19.1 Å². The van der Waals surface area contributed by atoms with E-state index in [9.17, 15) is 27.7 Å². The van der Waals surface area contributed by atoms with Crippen LogP contribution < -0.4 is 0 Å². The minimum atomic E-state index is -4.01. The maximum atomic E-state index is 13.9. The van der Waals surface area contributed by atoms with Gasteiger partial charge in [-0.05, 0) is 30.2 Å². The zero-order chi connectivity index (χ0) is 19.1. The number of carbonyl (C=O) groups excluding carboxylic acids is 1. The molecule has 3 rings (SSSR count). The molecule has 0 N–H and O–H groups in total. The molecule has 134 valence electrons. The molecule has 0 aliphatic carbocycles. The van der Waals surface area contributed by atoms with Gasteiger partial charge in [0.25, 0.3) is 5.69 Å². The van der Waals surface area contributed by atoms with Gasteiger partial charge in [-0.1, -0.05) is 25.1 Å². The van der Waals surface area contributed by atoms with Crippen molar-refractivity contribution in [3.63, 3.8) is 0 Å². The zero-order valence-electron chi connectivity index (χ0n) is 13.7. The van der Waals surface area contributed by atoms with E-state index >= 15 is 0 Å². The highest BCUT2D eigenvalue weighted by atomic mass is 32.2. The van der Waals surface area contributed by atoms with E-state index in [0.29, 0.717) is 17.5 Å². The van der Waals surface area contributed by atoms with Crippen LogP contribution in [0.25, 0.3) is 6.08 Å². The smallest absolute Gasteiger partial charge is 0.273 e. The molecule has 0 fully saturated rings. The highest BCUT2D eigenvalue weighted by Gasteiger charge is 2.35. The Kier molecular flexibility index (Phi) is 4.45. The first-order chi connectivity index (χ1) is 12.2. The SMILES string of the molecule is CCc1ccc(C=C2CS(=O)(=O)c3c(F)cccc3C2=O)cc1[N+](=O)[O-]. The van der Waals surface area contributed by atoms with Crippen LogP contribution in [0.3, 0.4) is 0 Å². The van der Waals surface area contributed by atoms with Gasteiger partial charge < -0.3 is 0 Å². The molecule has 0 radical (unpaired) electrons. The van der Waals surface area contributed by atoms with Crippen LogP contribution in [0.1, 0.15) is 28.4 Å². The lowest BCUT2D eigenvalue weighted by molar-refractivity contribution is -0.385. The van der Waals surface area contributed by atoms with Gasteiger partial charge in [-0.15, -0.1) is 0 Å². The predicted octanol–water partition coefficient (Wildman–Crippen LogP) is 3.35. The van der Waals surface area contributed by atoms with Gasteiger partial charge in [-0.25, -0.2) is 12.8 Å². The van der Waals surface area contributed by atoms with E-state index in [2.05, 4.69) is 0 Å². The van der Waals surface area contributed by atoms with Crippen molar-refractivity contribution in [2.45, 2.75) is 18.2 Å². The van der Waals surface area contributed by atoms with Crippen LogP contribution in [0.4, 0.5) is 10.1 Å². The van der Waals surface area contributed by atoms with Crippen molar-refractivity contribution in [2.24, 2.45) is 0 Å². The van der Waals surface area contributed by atoms with Gasteiger partial charge in [0.2, 0.25) is 0 Å². The van der Waals surface area contributed by atoms with Crippen LogP contribution in [-0.4, -0.2) is 24.9 Å². The quantitative estimate of drug-likeness (QED) is 0.466. The molecular weight excluding hydrogens is 361 g/mol. The maximum Gasteiger partial charge on any atom is 0.273 e. The first kappa shape index (κ1) is 17.9. The topological polar surface area (TPSA) is 94.3 Å². The van der Waals surface area contributed by atoms with Crippen LogP contribution in [-0.2, 0) is 16.3 Å². The van der Waals surface area contributed by atoms with E-state index in [1.165, 1.54) is 24.3 Å². The molecule has 0 amide bonds. The van der Waals surface area contributed by atoms with E-state index in [-0.39, 0.29) is 16.8 Å². The summed E-state index contributed by atoms with van der Waals surface area (Å²) in [5.74, 6) is -2.21. The molecule has 0 saturated carbocycles. The summed E-state index contributed by atoms with van der Waals surface area (Å²) in [6.45, 7) is 1.78. The molecule has 0 unspecified atom stereocenters. The van der Waals surface area contributed by atoms with Crippen molar-refractivity contribution in [1.29, 1.82) is 0 Å². The van der Waals surface area contributed by atoms with Crippen molar-refractivity contribution in [1.82, 2.24) is 0 Å². The van der Waals surface area contributed by atoms with Gasteiger partial charge in [0, 0.05) is 22.8 Å². The molecule has 0 bridgehead atoms. The number of benzene rings is 2. The van der Waals surface area contributed by atoms with Crippen molar-refractivity contribution >= 4 is 27.4 Å². The monoisotopic (exact) mass is 375 g/mol. The van der Waals surface area contributed by atoms with E-state index in [4.69, 9.17) is 0 Å². The predicted molar refractivity (Wildman–Crippen MR) is 93.2 cm³/mol. The molecule has 0 saturated heterocycles. The van der Waals surface area contributed by atoms with Crippen molar-refractivity contribution in [2.75, 3.05) is 5.75 Å². The summed E-state index contributed by atoms with van der Waals surface area (Å²) in [4.78, 5) is 22.6. The number of aryl methyl sites for hydroxylation is 1. The van der Waals surface area contributed by atoms with Crippen LogP contribution in [0.2, 0.25) is 0 Å². The first-order valence-electron chi connectivity index (χ1n) is 7.78. The van der Waals surface area contributed by atoms with Crippen molar-refractivity contribution < 1.29 is 22.5 Å². The van der Waals surface area contributed by atoms with Gasteiger partial charge in [-0.3, -0.25) is 14.9 Å². The Morgan fingerprint density at radius 1 is 1.27 bits per heavy atom. The molecule has 0 atom stereocenters. The largest absolute Gasteiger partial charge is 0.289 e. The second-order valence-corrected chi connectivity index (χ2v) is 7.80. The average Bonchev–Trinajstić information content (AvgIpc) is 2.58. The zero-order valence-corrected chi connectivity index (χ0v) is 14.5. The van der Waals surface area contributed by atoms with E-state index in [1.807, 2.05) is 0 Å². The minimum absolute atomic E-state index is 0.0540. The number of sulfone groups is 1. The van der Waals surface area contributed by atoms with Crippen LogP contribution in [0.15, 0.2) is 46.9 Å². The number of carbonyl (C=O) groups is 1. The molecule has 2 aromatic rings. The molecule has 6 nitrogen and oxygen atoms in total. The third-order valence-corrected chi connectivity index (χ3v) is 5.92. The molecule has 26 heavy (non-hydrogen) atoms. The minimum Gasteiger partial charge on any atom is -0.289 e. The standard InChI is InChI=1S/C18H14FNO5S/c1-2-12-7-6-11(9-16(12)20(22)23)8-13-10-26(24,25)18-14(17(13)21)4-3-5-15(18)19/h3-9H,2,10H2,1H3. The maximum absolute atomic E-state index is 13.9. The Bertz CT molecular complexity index is 1070. The van der Waals surface area contributed by atoms with Crippen molar-refractivity contribution in [3.05, 3.63) is 74.6 Å². The number of ketones is 1. The van der Waals surface area contributed by atoms with Crippen molar-refractivity contribution in [3.8, 4) is 0 Å². The molecular formula is C18H14FNO5S. The molecule has 0 aromatic heterocycles. The average molecular weight is 375 g/mol. The molecule has 8 heteroatoms. The normalized spacial score (nSPS) is 17.2. The lowest BCUT2D eigenvalue weighted by Gasteiger charge is -2.18. The third kappa shape index (κ3) is 3.03. The molecule has 0 spiro atoms. The number of nitro groups is 1.